The smallest absolute Gasteiger partial charge is 0.0598 e. The second kappa shape index (κ2) is 22.4. The van der Waals surface area contributed by atoms with Gasteiger partial charge in [-0.2, -0.15) is 0 Å². The Kier molecular flexibility index (Phi) is 23.7. The van der Waals surface area contributed by atoms with E-state index in [-0.39, 0.29) is 0 Å². The molecule has 0 radical (unpaired) electrons. The third-order valence-corrected chi connectivity index (χ3v) is 6.92. The Hall–Kier alpha value is -0.120. The Balaban J connectivity index is 0. The fraction of sp³-hybridized carbons (Fsp3) is 1.00. The minimum absolute atomic E-state index is 0.435. The van der Waals surface area contributed by atoms with Crippen LogP contribution >= 0.6 is 0 Å². The van der Waals surface area contributed by atoms with E-state index in [1.165, 1.54) is 64.5 Å². The summed E-state index contributed by atoms with van der Waals surface area (Å²) in [5.41, 5.74) is 0.435. The monoisotopic (exact) mass is 472 g/mol. The summed E-state index contributed by atoms with van der Waals surface area (Å²) < 4.78 is 11.1. The molecule has 2 unspecified atom stereocenters. The zero-order chi connectivity index (χ0) is 25.7. The van der Waals surface area contributed by atoms with Crippen molar-refractivity contribution in [3.05, 3.63) is 0 Å². The second-order valence-electron chi connectivity index (χ2n) is 11.1. The summed E-state index contributed by atoms with van der Waals surface area (Å²) in [6, 6.07) is 0. The summed E-state index contributed by atoms with van der Waals surface area (Å²) in [4.78, 5) is 0. The Bertz CT molecular complexity index is 347. The molecule has 3 heteroatoms. The lowest BCUT2D eigenvalue weighted by molar-refractivity contribution is -0.0115. The van der Waals surface area contributed by atoms with Crippen molar-refractivity contribution in [3.8, 4) is 0 Å². The quantitative estimate of drug-likeness (QED) is 0.436. The van der Waals surface area contributed by atoms with Crippen LogP contribution in [0.15, 0.2) is 0 Å². The lowest BCUT2D eigenvalue weighted by atomic mass is 9.79. The standard InChI is InChI=1S/C10H20O.C8H17N.C8H16O.2C2H6/c1-10(2,3)9-6-4-5-7-11-8-9;1-7(2)8-3-5-9-6-4-8;1-7(2)8-5-3-4-6-9-8;2*1-2/h9H,4-8H2,1-3H3;7-9H,3-6H2,1-2H3;7-8H,3-6H2,1-2H3;2*1-2H3. The van der Waals surface area contributed by atoms with Crippen molar-refractivity contribution in [1.82, 2.24) is 5.32 Å². The van der Waals surface area contributed by atoms with Crippen LogP contribution in [0.2, 0.25) is 0 Å². The van der Waals surface area contributed by atoms with Crippen molar-refractivity contribution in [3.63, 3.8) is 0 Å². The van der Waals surface area contributed by atoms with Gasteiger partial charge in [0, 0.05) is 19.8 Å². The third kappa shape index (κ3) is 18.8. The highest BCUT2D eigenvalue weighted by molar-refractivity contribution is 4.75. The first-order chi connectivity index (χ1) is 15.7. The molecule has 202 valence electrons. The van der Waals surface area contributed by atoms with Crippen LogP contribution in [-0.4, -0.2) is 39.0 Å². The van der Waals surface area contributed by atoms with E-state index in [2.05, 4.69) is 53.8 Å². The fourth-order valence-corrected chi connectivity index (χ4v) is 4.39. The Morgan fingerprint density at radius 1 is 0.697 bits per heavy atom. The van der Waals surface area contributed by atoms with Crippen LogP contribution in [0.3, 0.4) is 0 Å². The lowest BCUT2D eigenvalue weighted by Crippen LogP contribution is -2.29. The summed E-state index contributed by atoms with van der Waals surface area (Å²) in [7, 11) is 0. The molecule has 3 aliphatic rings. The highest BCUT2D eigenvalue weighted by atomic mass is 16.5. The van der Waals surface area contributed by atoms with Crippen LogP contribution in [0.4, 0.5) is 0 Å². The summed E-state index contributed by atoms with van der Waals surface area (Å²) in [6.45, 7) is 29.5. The zero-order valence-electron chi connectivity index (χ0n) is 24.9. The van der Waals surface area contributed by atoms with Crippen LogP contribution in [-0.2, 0) is 9.47 Å². The molecule has 0 amide bonds. The van der Waals surface area contributed by atoms with Crippen LogP contribution < -0.4 is 5.32 Å². The van der Waals surface area contributed by atoms with E-state index < -0.39 is 0 Å². The molecule has 0 aromatic rings. The number of hydrogen-bond donors (Lipinski definition) is 1. The van der Waals surface area contributed by atoms with Crippen molar-refractivity contribution < 1.29 is 9.47 Å². The topological polar surface area (TPSA) is 30.5 Å². The van der Waals surface area contributed by atoms with Crippen molar-refractivity contribution in [2.45, 2.75) is 134 Å². The SMILES string of the molecule is CC.CC.CC(C)(C)C1CCCCOC1.CC(C)C1CCCCO1.CC(C)C1CCNCC1. The molecular formula is C30H65NO2. The first-order valence-electron chi connectivity index (χ1n) is 14.6. The van der Waals surface area contributed by atoms with Gasteiger partial charge in [0.1, 0.15) is 0 Å². The van der Waals surface area contributed by atoms with Crippen LogP contribution in [0, 0.1) is 29.1 Å². The minimum atomic E-state index is 0.435. The average Bonchev–Trinajstić information content (AvgIpc) is 3.14. The minimum Gasteiger partial charge on any atom is -0.381 e. The summed E-state index contributed by atoms with van der Waals surface area (Å²) in [6.07, 6.45) is 11.2. The van der Waals surface area contributed by atoms with Gasteiger partial charge in [0.2, 0.25) is 0 Å². The van der Waals surface area contributed by atoms with E-state index in [1.54, 1.807) is 0 Å². The highest BCUT2D eigenvalue weighted by Crippen LogP contribution is 2.31. The molecule has 0 aliphatic carbocycles. The molecule has 0 saturated carbocycles. The average molecular weight is 472 g/mol. The molecule has 1 N–H and O–H groups in total. The molecule has 3 rings (SSSR count). The molecule has 3 aliphatic heterocycles. The maximum absolute atomic E-state index is 5.54. The molecule has 3 nitrogen and oxygen atoms in total. The first kappa shape index (κ1) is 35.0. The number of piperidine rings is 1. The number of hydrogen-bond acceptors (Lipinski definition) is 3. The van der Waals surface area contributed by atoms with Crippen LogP contribution in [0.1, 0.15) is 128 Å². The molecule has 3 saturated heterocycles. The van der Waals surface area contributed by atoms with E-state index in [0.717, 1.165) is 37.6 Å². The maximum atomic E-state index is 5.54. The van der Waals surface area contributed by atoms with E-state index >= 15 is 0 Å². The molecule has 0 bridgehead atoms. The van der Waals surface area contributed by atoms with Crippen LogP contribution in [0.25, 0.3) is 0 Å². The van der Waals surface area contributed by atoms with Gasteiger partial charge in [-0.25, -0.2) is 0 Å². The van der Waals surface area contributed by atoms with Gasteiger partial charge in [0.15, 0.2) is 0 Å². The predicted molar refractivity (Wildman–Crippen MR) is 149 cm³/mol. The molecule has 3 fully saturated rings. The van der Waals surface area contributed by atoms with E-state index in [9.17, 15) is 0 Å². The Morgan fingerprint density at radius 2 is 1.24 bits per heavy atom. The number of rotatable bonds is 2. The van der Waals surface area contributed by atoms with Gasteiger partial charge < -0.3 is 14.8 Å². The van der Waals surface area contributed by atoms with Crippen molar-refractivity contribution in [2.24, 2.45) is 29.1 Å². The third-order valence-electron chi connectivity index (χ3n) is 6.92. The van der Waals surface area contributed by atoms with Gasteiger partial charge in [0.05, 0.1) is 6.10 Å². The number of nitrogens with one attached hydrogen (secondary N) is 1. The summed E-state index contributed by atoms with van der Waals surface area (Å²) in [5, 5.41) is 3.37. The number of ether oxygens (including phenoxy) is 2. The van der Waals surface area contributed by atoms with Crippen LogP contribution in [0.5, 0.6) is 0 Å². The normalized spacial score (nSPS) is 23.9. The zero-order valence-corrected chi connectivity index (χ0v) is 24.9. The van der Waals surface area contributed by atoms with Gasteiger partial charge in [-0.3, -0.25) is 0 Å². The Labute approximate surface area is 210 Å². The van der Waals surface area contributed by atoms with Crippen molar-refractivity contribution in [1.29, 1.82) is 0 Å². The van der Waals surface area contributed by atoms with Gasteiger partial charge in [-0.05, 0) is 87.1 Å². The molecule has 0 spiro atoms. The van der Waals surface area contributed by atoms with Crippen molar-refractivity contribution >= 4 is 0 Å². The molecular weight excluding hydrogens is 406 g/mol. The maximum Gasteiger partial charge on any atom is 0.0598 e. The summed E-state index contributed by atoms with van der Waals surface area (Å²) >= 11 is 0. The molecule has 33 heavy (non-hydrogen) atoms. The summed E-state index contributed by atoms with van der Waals surface area (Å²) in [5.74, 6) is 3.37. The predicted octanol–water partition coefficient (Wildman–Crippen LogP) is 8.76. The van der Waals surface area contributed by atoms with Gasteiger partial charge in [-0.1, -0.05) is 82.6 Å². The molecule has 3 heterocycles. The van der Waals surface area contributed by atoms with Gasteiger partial charge in [0.25, 0.3) is 0 Å². The highest BCUT2D eigenvalue weighted by Gasteiger charge is 2.25. The fourth-order valence-electron chi connectivity index (χ4n) is 4.39. The van der Waals surface area contributed by atoms with E-state index in [4.69, 9.17) is 9.47 Å². The van der Waals surface area contributed by atoms with Gasteiger partial charge in [-0.15, -0.1) is 0 Å². The molecule has 2 atom stereocenters. The van der Waals surface area contributed by atoms with E-state index in [0.29, 0.717) is 17.4 Å². The largest absolute Gasteiger partial charge is 0.381 e. The Morgan fingerprint density at radius 3 is 1.64 bits per heavy atom. The van der Waals surface area contributed by atoms with Gasteiger partial charge >= 0.3 is 0 Å². The van der Waals surface area contributed by atoms with E-state index in [1.807, 2.05) is 27.7 Å². The van der Waals surface area contributed by atoms with Crippen molar-refractivity contribution in [2.75, 3.05) is 32.9 Å². The molecule has 0 aromatic heterocycles. The lowest BCUT2D eigenvalue weighted by Gasteiger charge is -2.28. The first-order valence-corrected chi connectivity index (χ1v) is 14.6. The molecule has 0 aromatic carbocycles. The second-order valence-corrected chi connectivity index (χ2v) is 11.1.